The maximum Gasteiger partial charge on any atom is 0.162 e. The number of nitrogens with zero attached hydrogens (tertiary/aromatic N) is 1. The van der Waals surface area contributed by atoms with Crippen molar-refractivity contribution in [3.63, 3.8) is 0 Å². The van der Waals surface area contributed by atoms with Crippen LogP contribution in [-0.4, -0.2) is 28.3 Å². The Morgan fingerprint density at radius 2 is 1.62 bits per heavy atom. The lowest BCUT2D eigenvalue weighted by molar-refractivity contribution is 0.355. The van der Waals surface area contributed by atoms with Crippen molar-refractivity contribution >= 4 is 5.69 Å². The Kier molecular flexibility index (Phi) is 7.12. The molecule has 0 amide bonds. The zero-order valence-corrected chi connectivity index (χ0v) is 11.0. The van der Waals surface area contributed by atoms with Crippen molar-refractivity contribution in [2.24, 2.45) is 0 Å². The van der Waals surface area contributed by atoms with Crippen LogP contribution in [0.15, 0.2) is 18.2 Å². The summed E-state index contributed by atoms with van der Waals surface area (Å²) in [6.45, 7) is 4.00. The van der Waals surface area contributed by atoms with E-state index < -0.39 is 0 Å². The molecule has 1 rings (SSSR count). The second-order valence-corrected chi connectivity index (χ2v) is 2.82. The molecule has 1 N–H and O–H groups in total. The van der Waals surface area contributed by atoms with Gasteiger partial charge in [-0.1, -0.05) is 13.8 Å². The number of hydrogen-bond acceptors (Lipinski definition) is 4. The molecule has 0 saturated carbocycles. The average Bonchev–Trinajstić information content (AvgIpc) is 2.39. The molecule has 0 unspecified atom stereocenters. The average molecular weight is 226 g/mol. The summed E-state index contributed by atoms with van der Waals surface area (Å²) in [6.07, 6.45) is 0. The largest absolute Gasteiger partial charge is 0.493 e. The molecule has 0 saturated heterocycles. The quantitative estimate of drug-likeness (QED) is 0.799. The van der Waals surface area contributed by atoms with E-state index in [2.05, 4.69) is 5.43 Å². The van der Waals surface area contributed by atoms with Crippen LogP contribution < -0.4 is 19.9 Å². The molecule has 0 heterocycles. The van der Waals surface area contributed by atoms with Gasteiger partial charge in [-0.15, -0.1) is 0 Å². The molecule has 92 valence electrons. The maximum atomic E-state index is 5.19. The van der Waals surface area contributed by atoms with Gasteiger partial charge in [0.2, 0.25) is 0 Å². The smallest absolute Gasteiger partial charge is 0.162 e. The molecule has 0 aromatic heterocycles. The molecule has 0 bridgehead atoms. The van der Waals surface area contributed by atoms with Gasteiger partial charge in [0.25, 0.3) is 0 Å². The van der Waals surface area contributed by atoms with Crippen molar-refractivity contribution in [1.29, 1.82) is 0 Å². The predicted octanol–water partition coefficient (Wildman–Crippen LogP) is 2.30. The third-order valence-corrected chi connectivity index (χ3v) is 2.09. The number of benzene rings is 1. The van der Waals surface area contributed by atoms with Crippen molar-refractivity contribution in [2.45, 2.75) is 13.8 Å². The van der Waals surface area contributed by atoms with E-state index in [-0.39, 0.29) is 0 Å². The minimum absolute atomic E-state index is 0.729. The lowest BCUT2D eigenvalue weighted by Crippen LogP contribution is -2.30. The molecule has 0 aliphatic heterocycles. The Hall–Kier alpha value is -1.42. The van der Waals surface area contributed by atoms with E-state index in [4.69, 9.17) is 9.47 Å². The third-order valence-electron chi connectivity index (χ3n) is 2.09. The monoisotopic (exact) mass is 226 g/mol. The van der Waals surface area contributed by atoms with E-state index in [0.29, 0.717) is 0 Å². The Balaban J connectivity index is 0.00000106. The zero-order valence-electron chi connectivity index (χ0n) is 11.0. The highest BCUT2D eigenvalue weighted by molar-refractivity contribution is 5.55. The van der Waals surface area contributed by atoms with Gasteiger partial charge >= 0.3 is 0 Å². The summed E-state index contributed by atoms with van der Waals surface area (Å²) in [6, 6.07) is 5.75. The van der Waals surface area contributed by atoms with Crippen molar-refractivity contribution < 1.29 is 9.47 Å². The Labute approximate surface area is 98.1 Å². The van der Waals surface area contributed by atoms with Gasteiger partial charge in [-0.2, -0.15) is 0 Å². The number of rotatable bonds is 4. The number of ether oxygens (including phenoxy) is 2. The van der Waals surface area contributed by atoms with Gasteiger partial charge in [0.05, 0.1) is 19.9 Å². The van der Waals surface area contributed by atoms with Gasteiger partial charge in [0.15, 0.2) is 11.5 Å². The normalized spacial score (nSPS) is 8.88. The van der Waals surface area contributed by atoms with Crippen molar-refractivity contribution in [3.8, 4) is 11.5 Å². The van der Waals surface area contributed by atoms with E-state index in [0.717, 1.165) is 17.2 Å². The van der Waals surface area contributed by atoms with Gasteiger partial charge in [-0.05, 0) is 12.1 Å². The molecule has 0 aliphatic carbocycles. The molecule has 4 heteroatoms. The second kappa shape index (κ2) is 7.82. The molecule has 0 radical (unpaired) electrons. The summed E-state index contributed by atoms with van der Waals surface area (Å²) < 4.78 is 10.3. The number of methoxy groups -OCH3 is 2. The van der Waals surface area contributed by atoms with Gasteiger partial charge in [0, 0.05) is 20.2 Å². The Morgan fingerprint density at radius 3 is 2.06 bits per heavy atom. The predicted molar refractivity (Wildman–Crippen MR) is 68.4 cm³/mol. The fraction of sp³-hybridized carbons (Fsp3) is 0.500. The Morgan fingerprint density at radius 1 is 1.06 bits per heavy atom. The van der Waals surface area contributed by atoms with Crippen molar-refractivity contribution in [2.75, 3.05) is 33.3 Å². The van der Waals surface area contributed by atoms with Crippen molar-refractivity contribution in [3.05, 3.63) is 18.2 Å². The van der Waals surface area contributed by atoms with Crippen LogP contribution in [0.1, 0.15) is 13.8 Å². The zero-order chi connectivity index (χ0) is 12.6. The summed E-state index contributed by atoms with van der Waals surface area (Å²) in [5, 5.41) is 1.89. The fourth-order valence-electron chi connectivity index (χ4n) is 1.16. The van der Waals surface area contributed by atoms with Gasteiger partial charge in [0.1, 0.15) is 0 Å². The lowest BCUT2D eigenvalue weighted by Gasteiger charge is -2.18. The topological polar surface area (TPSA) is 33.7 Å². The van der Waals surface area contributed by atoms with Crippen LogP contribution in [0.4, 0.5) is 5.69 Å². The molecule has 1 aromatic rings. The molecule has 0 atom stereocenters. The van der Waals surface area contributed by atoms with E-state index in [9.17, 15) is 0 Å². The number of nitrogens with one attached hydrogen (secondary N) is 1. The highest BCUT2D eigenvalue weighted by atomic mass is 16.5. The molecule has 0 spiro atoms. The second-order valence-electron chi connectivity index (χ2n) is 2.82. The molecular weight excluding hydrogens is 204 g/mol. The summed E-state index contributed by atoms with van der Waals surface area (Å²) in [5.74, 6) is 1.47. The molecule has 16 heavy (non-hydrogen) atoms. The van der Waals surface area contributed by atoms with Crippen LogP contribution in [0.5, 0.6) is 11.5 Å². The summed E-state index contributed by atoms with van der Waals surface area (Å²) >= 11 is 0. The van der Waals surface area contributed by atoms with Crippen LogP contribution in [0.2, 0.25) is 0 Å². The first-order valence-corrected chi connectivity index (χ1v) is 5.36. The Bertz CT molecular complexity index is 303. The molecule has 1 aromatic carbocycles. The standard InChI is InChI=1S/C10H16N2O2.C2H6/c1-11-12(2)8-5-6-9(13-3)10(7-8)14-4;1-2/h5-7,11H,1-4H3;1-2H3. The van der Waals surface area contributed by atoms with Crippen LogP contribution in [-0.2, 0) is 0 Å². The molecular formula is C12H22N2O2. The first-order valence-electron chi connectivity index (χ1n) is 5.36. The van der Waals surface area contributed by atoms with Gasteiger partial charge in [-0.3, -0.25) is 0 Å². The minimum atomic E-state index is 0.729. The van der Waals surface area contributed by atoms with Crippen LogP contribution >= 0.6 is 0 Å². The van der Waals surface area contributed by atoms with E-state index in [1.807, 2.05) is 51.2 Å². The SMILES string of the molecule is CC.CNN(C)c1ccc(OC)c(OC)c1. The van der Waals surface area contributed by atoms with Crippen LogP contribution in [0.3, 0.4) is 0 Å². The number of hydrogen-bond donors (Lipinski definition) is 1. The molecule has 0 fully saturated rings. The summed E-state index contributed by atoms with van der Waals surface area (Å²) in [5.41, 5.74) is 4.03. The summed E-state index contributed by atoms with van der Waals surface area (Å²) in [7, 11) is 7.04. The third kappa shape index (κ3) is 3.62. The molecule has 4 nitrogen and oxygen atoms in total. The van der Waals surface area contributed by atoms with Crippen LogP contribution in [0.25, 0.3) is 0 Å². The maximum absolute atomic E-state index is 5.19. The fourth-order valence-corrected chi connectivity index (χ4v) is 1.16. The summed E-state index contributed by atoms with van der Waals surface area (Å²) in [4.78, 5) is 0. The van der Waals surface area contributed by atoms with Gasteiger partial charge in [-0.25, -0.2) is 5.43 Å². The highest BCUT2D eigenvalue weighted by Gasteiger charge is 2.05. The minimum Gasteiger partial charge on any atom is -0.493 e. The van der Waals surface area contributed by atoms with E-state index in [1.54, 1.807) is 14.2 Å². The first kappa shape index (κ1) is 14.6. The number of hydrazine groups is 1. The van der Waals surface area contributed by atoms with Crippen LogP contribution in [0, 0.1) is 0 Å². The van der Waals surface area contributed by atoms with E-state index in [1.165, 1.54) is 0 Å². The van der Waals surface area contributed by atoms with E-state index >= 15 is 0 Å². The van der Waals surface area contributed by atoms with Gasteiger partial charge < -0.3 is 14.5 Å². The molecule has 0 aliphatic rings. The lowest BCUT2D eigenvalue weighted by atomic mass is 10.2. The number of anilines is 1. The van der Waals surface area contributed by atoms with Crippen molar-refractivity contribution in [1.82, 2.24) is 5.43 Å². The first-order chi connectivity index (χ1) is 7.72. The highest BCUT2D eigenvalue weighted by Crippen LogP contribution is 2.30.